The van der Waals surface area contributed by atoms with Crippen LogP contribution in [0, 0.1) is 5.92 Å². The first kappa shape index (κ1) is 18.5. The largest absolute Gasteiger partial charge is 0.461 e. The summed E-state index contributed by atoms with van der Waals surface area (Å²) in [6, 6.07) is 16.9. The molecule has 2 aromatic rings. The number of rotatable bonds is 5. The summed E-state index contributed by atoms with van der Waals surface area (Å²) in [5, 5.41) is 0.653. The van der Waals surface area contributed by atoms with Gasteiger partial charge in [0, 0.05) is 18.1 Å². The summed E-state index contributed by atoms with van der Waals surface area (Å²) in [6.45, 7) is 1.36. The molecule has 136 valence electrons. The van der Waals surface area contributed by atoms with Crippen molar-refractivity contribution in [3.63, 3.8) is 0 Å². The van der Waals surface area contributed by atoms with Gasteiger partial charge in [0.15, 0.2) is 0 Å². The van der Waals surface area contributed by atoms with Crippen LogP contribution in [0.15, 0.2) is 54.6 Å². The van der Waals surface area contributed by atoms with E-state index < -0.39 is 0 Å². The molecule has 5 heteroatoms. The zero-order chi connectivity index (χ0) is 18.4. The zero-order valence-electron chi connectivity index (χ0n) is 14.6. The van der Waals surface area contributed by atoms with Crippen LogP contribution in [0.2, 0.25) is 5.02 Å². The number of esters is 1. The van der Waals surface area contributed by atoms with Crippen molar-refractivity contribution in [3.8, 4) is 0 Å². The molecule has 0 aliphatic carbocycles. The number of piperidine rings is 1. The maximum absolute atomic E-state index is 12.5. The highest BCUT2D eigenvalue weighted by Gasteiger charge is 2.29. The predicted molar refractivity (Wildman–Crippen MR) is 101 cm³/mol. The van der Waals surface area contributed by atoms with Gasteiger partial charge in [-0.1, -0.05) is 54.1 Å². The molecule has 1 aliphatic heterocycles. The topological polar surface area (TPSA) is 46.6 Å². The molecule has 1 amide bonds. The summed E-state index contributed by atoms with van der Waals surface area (Å²) in [6.07, 6.45) is 1.95. The number of nitrogens with zero attached hydrogens (tertiary/aromatic N) is 1. The Kier molecular flexibility index (Phi) is 6.29. The van der Waals surface area contributed by atoms with Crippen LogP contribution in [0.25, 0.3) is 0 Å². The number of hydrogen-bond acceptors (Lipinski definition) is 3. The second-order valence-corrected chi connectivity index (χ2v) is 7.01. The lowest BCUT2D eigenvalue weighted by Gasteiger charge is -2.31. The zero-order valence-corrected chi connectivity index (χ0v) is 15.3. The van der Waals surface area contributed by atoms with Gasteiger partial charge in [-0.25, -0.2) is 0 Å². The third kappa shape index (κ3) is 5.09. The molecule has 1 atom stereocenters. The summed E-state index contributed by atoms with van der Waals surface area (Å²) in [4.78, 5) is 26.7. The van der Waals surface area contributed by atoms with Crippen molar-refractivity contribution < 1.29 is 14.3 Å². The maximum Gasteiger partial charge on any atom is 0.311 e. The highest BCUT2D eigenvalue weighted by Crippen LogP contribution is 2.20. The molecule has 4 nitrogen and oxygen atoms in total. The van der Waals surface area contributed by atoms with Gasteiger partial charge in [0.25, 0.3) is 0 Å². The van der Waals surface area contributed by atoms with Crippen molar-refractivity contribution in [3.05, 3.63) is 70.7 Å². The van der Waals surface area contributed by atoms with E-state index in [-0.39, 0.29) is 24.4 Å². The Morgan fingerprint density at radius 1 is 1.04 bits per heavy atom. The minimum Gasteiger partial charge on any atom is -0.461 e. The first-order valence-corrected chi connectivity index (χ1v) is 9.22. The van der Waals surface area contributed by atoms with E-state index in [1.54, 1.807) is 17.0 Å². The number of ether oxygens (including phenoxy) is 1. The fraction of sp³-hybridized carbons (Fsp3) is 0.333. The van der Waals surface area contributed by atoms with E-state index in [1.807, 2.05) is 42.5 Å². The van der Waals surface area contributed by atoms with E-state index in [2.05, 4.69) is 0 Å². The van der Waals surface area contributed by atoms with E-state index in [0.717, 1.165) is 24.0 Å². The summed E-state index contributed by atoms with van der Waals surface area (Å²) < 4.78 is 5.43. The minimum absolute atomic E-state index is 0.0615. The lowest BCUT2D eigenvalue weighted by Crippen LogP contribution is -2.43. The van der Waals surface area contributed by atoms with E-state index in [9.17, 15) is 9.59 Å². The fourth-order valence-corrected chi connectivity index (χ4v) is 3.26. The number of likely N-dealkylation sites (tertiary alicyclic amines) is 1. The number of carbonyl (C=O) groups excluding carboxylic acids is 2. The molecule has 0 aromatic heterocycles. The van der Waals surface area contributed by atoms with E-state index in [0.29, 0.717) is 24.5 Å². The molecule has 1 fully saturated rings. The highest BCUT2D eigenvalue weighted by molar-refractivity contribution is 6.30. The van der Waals surface area contributed by atoms with Crippen LogP contribution in [0.3, 0.4) is 0 Å². The summed E-state index contributed by atoms with van der Waals surface area (Å²) in [5.74, 6) is -0.431. The molecular formula is C21H22ClNO3. The van der Waals surface area contributed by atoms with Crippen LogP contribution in [-0.2, 0) is 27.4 Å². The van der Waals surface area contributed by atoms with E-state index in [1.165, 1.54) is 0 Å². The van der Waals surface area contributed by atoms with Crippen molar-refractivity contribution >= 4 is 23.5 Å². The first-order chi connectivity index (χ1) is 12.6. The molecule has 0 saturated carbocycles. The normalized spacial score (nSPS) is 17.0. The van der Waals surface area contributed by atoms with E-state index >= 15 is 0 Å². The van der Waals surface area contributed by atoms with Gasteiger partial charge >= 0.3 is 5.97 Å². The summed E-state index contributed by atoms with van der Waals surface area (Å²) in [7, 11) is 0. The monoisotopic (exact) mass is 371 g/mol. The molecule has 1 aliphatic rings. The average Bonchev–Trinajstić information content (AvgIpc) is 2.68. The standard InChI is InChI=1S/C21H22ClNO3/c22-19-10-8-17(9-11-19)15-26-21(25)18-7-4-12-23(14-18)20(24)13-16-5-2-1-3-6-16/h1-3,5-6,8-11,18H,4,7,12-15H2. The molecule has 0 spiro atoms. The Balaban J connectivity index is 1.51. The smallest absolute Gasteiger partial charge is 0.311 e. The van der Waals surface area contributed by atoms with Gasteiger partial charge in [-0.05, 0) is 36.1 Å². The maximum atomic E-state index is 12.5. The molecule has 3 rings (SSSR count). The van der Waals surface area contributed by atoms with Crippen LogP contribution in [-0.4, -0.2) is 29.9 Å². The van der Waals surface area contributed by atoms with Crippen LogP contribution in [0.4, 0.5) is 0 Å². The van der Waals surface area contributed by atoms with Crippen molar-refractivity contribution in [1.29, 1.82) is 0 Å². The van der Waals surface area contributed by atoms with Gasteiger partial charge in [-0.2, -0.15) is 0 Å². The Morgan fingerprint density at radius 2 is 1.77 bits per heavy atom. The Morgan fingerprint density at radius 3 is 2.50 bits per heavy atom. The molecule has 1 heterocycles. The molecule has 1 unspecified atom stereocenters. The van der Waals surface area contributed by atoms with Gasteiger partial charge in [-0.3, -0.25) is 9.59 Å². The lowest BCUT2D eigenvalue weighted by molar-refractivity contribution is -0.153. The third-order valence-corrected chi connectivity index (χ3v) is 4.85. The van der Waals surface area contributed by atoms with Crippen LogP contribution in [0.5, 0.6) is 0 Å². The molecule has 26 heavy (non-hydrogen) atoms. The quantitative estimate of drug-likeness (QED) is 0.750. The molecule has 1 saturated heterocycles. The number of carbonyl (C=O) groups is 2. The van der Waals surface area contributed by atoms with Gasteiger partial charge in [0.2, 0.25) is 5.91 Å². The Hall–Kier alpha value is -2.33. The first-order valence-electron chi connectivity index (χ1n) is 8.84. The van der Waals surface area contributed by atoms with Crippen molar-refractivity contribution in [1.82, 2.24) is 4.90 Å². The van der Waals surface area contributed by atoms with Crippen molar-refractivity contribution in [2.75, 3.05) is 13.1 Å². The van der Waals surface area contributed by atoms with Crippen LogP contribution in [0.1, 0.15) is 24.0 Å². The summed E-state index contributed by atoms with van der Waals surface area (Å²) >= 11 is 5.85. The number of amides is 1. The number of benzene rings is 2. The lowest BCUT2D eigenvalue weighted by atomic mass is 9.97. The Bertz CT molecular complexity index is 746. The fourth-order valence-electron chi connectivity index (χ4n) is 3.13. The molecule has 0 radical (unpaired) electrons. The van der Waals surface area contributed by atoms with Crippen molar-refractivity contribution in [2.45, 2.75) is 25.9 Å². The average molecular weight is 372 g/mol. The number of hydrogen-bond donors (Lipinski definition) is 0. The second kappa shape index (κ2) is 8.86. The SMILES string of the molecule is O=C(OCc1ccc(Cl)cc1)C1CCCN(C(=O)Cc2ccccc2)C1. The van der Waals surface area contributed by atoms with E-state index in [4.69, 9.17) is 16.3 Å². The van der Waals surface area contributed by atoms with Crippen molar-refractivity contribution in [2.24, 2.45) is 5.92 Å². The van der Waals surface area contributed by atoms with Gasteiger partial charge in [0.05, 0.1) is 12.3 Å². The minimum atomic E-state index is -0.254. The van der Waals surface area contributed by atoms with Crippen LogP contribution < -0.4 is 0 Å². The summed E-state index contributed by atoms with van der Waals surface area (Å²) in [5.41, 5.74) is 1.89. The molecule has 0 N–H and O–H groups in total. The van der Waals surface area contributed by atoms with Gasteiger partial charge in [0.1, 0.15) is 6.61 Å². The Labute approximate surface area is 158 Å². The van der Waals surface area contributed by atoms with Crippen LogP contribution >= 0.6 is 11.6 Å². The second-order valence-electron chi connectivity index (χ2n) is 6.58. The van der Waals surface area contributed by atoms with Gasteiger partial charge in [-0.15, -0.1) is 0 Å². The molecular weight excluding hydrogens is 350 g/mol. The molecule has 0 bridgehead atoms. The number of halogens is 1. The third-order valence-electron chi connectivity index (χ3n) is 4.60. The highest BCUT2D eigenvalue weighted by atomic mass is 35.5. The predicted octanol–water partition coefficient (Wildman–Crippen LogP) is 3.86. The van der Waals surface area contributed by atoms with Gasteiger partial charge < -0.3 is 9.64 Å². The molecule has 2 aromatic carbocycles.